The normalized spacial score (nSPS) is 53.2. The van der Waals surface area contributed by atoms with Crippen molar-refractivity contribution in [3.8, 4) is 0 Å². The molecule has 0 aromatic rings. The molecular formula is C48H68O13. The van der Waals surface area contributed by atoms with E-state index in [1.165, 1.54) is 0 Å². The Hall–Kier alpha value is -2.04. The summed E-state index contributed by atoms with van der Waals surface area (Å²) in [6.07, 6.45) is 15.9. The van der Waals surface area contributed by atoms with Gasteiger partial charge >= 0.3 is 5.97 Å². The zero-order valence-corrected chi connectivity index (χ0v) is 36.2. The van der Waals surface area contributed by atoms with Gasteiger partial charge < -0.3 is 52.5 Å². The number of hydrogen-bond donors (Lipinski definition) is 1. The van der Waals surface area contributed by atoms with E-state index in [4.69, 9.17) is 47.4 Å². The Labute approximate surface area is 360 Å². The highest BCUT2D eigenvalue weighted by molar-refractivity contribution is 5.72. The van der Waals surface area contributed by atoms with Crippen molar-refractivity contribution in [2.45, 2.75) is 239 Å². The van der Waals surface area contributed by atoms with E-state index in [-0.39, 0.29) is 116 Å². The van der Waals surface area contributed by atoms with Crippen molar-refractivity contribution < 1.29 is 62.1 Å². The van der Waals surface area contributed by atoms with Gasteiger partial charge in [-0.2, -0.15) is 0 Å². The first-order chi connectivity index (χ1) is 29.5. The lowest BCUT2D eigenvalue weighted by Crippen LogP contribution is -2.62. The minimum atomic E-state index is -0.686. The molecule has 61 heavy (non-hydrogen) atoms. The van der Waals surface area contributed by atoms with Gasteiger partial charge in [0.05, 0.1) is 104 Å². The minimum Gasteiger partial charge on any atom is -0.459 e. The number of carbonyl (C=O) groups is 2. The summed E-state index contributed by atoms with van der Waals surface area (Å²) < 4.78 is 67.6. The molecule has 0 amide bonds. The van der Waals surface area contributed by atoms with Crippen LogP contribution in [0, 0.1) is 11.8 Å². The topological polar surface area (TPSA) is 147 Å². The maximum Gasteiger partial charge on any atom is 0.308 e. The Balaban J connectivity index is 0.805. The van der Waals surface area contributed by atoms with E-state index in [1.54, 1.807) is 0 Å². The Morgan fingerprint density at radius 2 is 1.39 bits per heavy atom. The van der Waals surface area contributed by atoms with E-state index >= 15 is 0 Å². The molecule has 0 radical (unpaired) electrons. The molecule has 13 nitrogen and oxygen atoms in total. The molecule has 0 aromatic heterocycles. The quantitative estimate of drug-likeness (QED) is 0.164. The average molecular weight is 853 g/mol. The summed E-state index contributed by atoms with van der Waals surface area (Å²) in [4.78, 5) is 23.5. The molecule has 1 N–H and O–H groups in total. The van der Waals surface area contributed by atoms with Gasteiger partial charge in [-0.15, -0.1) is 0 Å². The lowest BCUT2D eigenvalue weighted by atomic mass is 9.78. The second kappa shape index (κ2) is 17.7. The minimum absolute atomic E-state index is 0.0705. The van der Waals surface area contributed by atoms with E-state index in [0.29, 0.717) is 56.4 Å². The predicted octanol–water partition coefficient (Wildman–Crippen LogP) is 5.56. The van der Waals surface area contributed by atoms with E-state index in [9.17, 15) is 14.7 Å². The predicted molar refractivity (Wildman–Crippen MR) is 220 cm³/mol. The third-order valence-corrected chi connectivity index (χ3v) is 15.7. The van der Waals surface area contributed by atoms with Crippen molar-refractivity contribution in [1.82, 2.24) is 0 Å². The van der Waals surface area contributed by atoms with Crippen molar-refractivity contribution in [2.75, 3.05) is 0 Å². The first kappa shape index (κ1) is 42.9. The van der Waals surface area contributed by atoms with Gasteiger partial charge in [0.15, 0.2) is 0 Å². The van der Waals surface area contributed by atoms with Gasteiger partial charge in [-0.1, -0.05) is 44.7 Å². The Bertz CT molecular complexity index is 1670. The lowest BCUT2D eigenvalue weighted by molar-refractivity contribution is -0.297. The molecule has 13 heteroatoms. The third kappa shape index (κ3) is 8.88. The highest BCUT2D eigenvalue weighted by Gasteiger charge is 2.56. The van der Waals surface area contributed by atoms with Crippen LogP contribution in [-0.2, 0) is 57.0 Å². The molecular weight excluding hydrogens is 785 g/mol. The molecule has 0 aromatic carbocycles. The summed E-state index contributed by atoms with van der Waals surface area (Å²) in [5.41, 5.74) is -0.0105. The number of esters is 1. The van der Waals surface area contributed by atoms with Crippen LogP contribution >= 0.6 is 0 Å². The largest absolute Gasteiger partial charge is 0.459 e. The fourth-order valence-electron chi connectivity index (χ4n) is 12.8. The summed E-state index contributed by atoms with van der Waals surface area (Å²) in [7, 11) is 0. The fourth-order valence-corrected chi connectivity index (χ4v) is 12.8. The monoisotopic (exact) mass is 852 g/mol. The second-order valence-corrected chi connectivity index (χ2v) is 20.5. The van der Waals surface area contributed by atoms with Crippen molar-refractivity contribution >= 4 is 12.3 Å². The molecule has 0 saturated carbocycles. The smallest absolute Gasteiger partial charge is 0.308 e. The van der Waals surface area contributed by atoms with Gasteiger partial charge in [0.1, 0.15) is 30.7 Å². The summed E-state index contributed by atoms with van der Waals surface area (Å²) in [5, 5.41) is 11.1. The molecule has 0 spiro atoms. The number of carbonyl (C=O) groups excluding carboxylic acids is 2. The van der Waals surface area contributed by atoms with Crippen molar-refractivity contribution in [1.29, 1.82) is 0 Å². The highest BCUT2D eigenvalue weighted by Crippen LogP contribution is 2.47. The van der Waals surface area contributed by atoms with Crippen LogP contribution in [0.4, 0.5) is 0 Å². The van der Waals surface area contributed by atoms with E-state index in [2.05, 4.69) is 51.7 Å². The van der Waals surface area contributed by atoms with Crippen molar-refractivity contribution in [3.05, 3.63) is 36.5 Å². The molecule has 8 saturated heterocycles. The SMILES string of the molecule is C=C(C=O)C[C@@H]1C[C@H](O)[C@@H]2O[C@@H]3C[C@@H]4O[C@@H]5/C=C\C[C@@H]6O[C@H]7[C@H](C/C=C\C[C@H]6O[C@H]5CCC[C@H]4O[C@H]3C[C@H]2O1)O[C@@H]1C[C@@H]2O[C@@H]3CC(=O)O[C@H]3C[C@@H](C)C[C@@]2(C)O[C@H]1C[C@@H]7C. The molecule has 8 fully saturated rings. The van der Waals surface area contributed by atoms with E-state index in [1.807, 2.05) is 0 Å². The average Bonchev–Trinajstić information content (AvgIpc) is 3.52. The van der Waals surface area contributed by atoms with Gasteiger partial charge in [0.25, 0.3) is 0 Å². The maximum atomic E-state index is 12.3. The summed E-state index contributed by atoms with van der Waals surface area (Å²) in [5.74, 6) is 0.344. The zero-order valence-electron chi connectivity index (χ0n) is 36.2. The second-order valence-electron chi connectivity index (χ2n) is 20.5. The Kier molecular flexibility index (Phi) is 12.5. The molecule has 338 valence electrons. The molecule has 0 aliphatic carbocycles. The van der Waals surface area contributed by atoms with E-state index < -0.39 is 17.8 Å². The highest BCUT2D eigenvalue weighted by atomic mass is 16.6. The van der Waals surface area contributed by atoms with Gasteiger partial charge in [-0.05, 0) is 82.1 Å². The van der Waals surface area contributed by atoms with Crippen LogP contribution in [0.3, 0.4) is 0 Å². The number of aliphatic hydroxyl groups is 1. The van der Waals surface area contributed by atoms with Gasteiger partial charge in [0, 0.05) is 32.1 Å². The van der Waals surface area contributed by atoms with E-state index in [0.717, 1.165) is 57.7 Å². The molecule has 10 rings (SSSR count). The molecule has 10 heterocycles. The lowest BCUT2D eigenvalue weighted by Gasteiger charge is -2.52. The molecule has 0 unspecified atom stereocenters. The first-order valence-electron chi connectivity index (χ1n) is 23.7. The number of ether oxygens (including phenoxy) is 10. The number of rotatable bonds is 3. The van der Waals surface area contributed by atoms with Crippen molar-refractivity contribution in [2.24, 2.45) is 11.8 Å². The van der Waals surface area contributed by atoms with Crippen LogP contribution in [-0.4, -0.2) is 139 Å². The molecule has 10 aliphatic heterocycles. The zero-order chi connectivity index (χ0) is 42.0. The van der Waals surface area contributed by atoms with Crippen LogP contribution < -0.4 is 0 Å². The summed E-state index contributed by atoms with van der Waals surface area (Å²) >= 11 is 0. The summed E-state index contributed by atoms with van der Waals surface area (Å²) in [6, 6.07) is 0. The maximum absolute atomic E-state index is 12.3. The third-order valence-electron chi connectivity index (χ3n) is 15.7. The van der Waals surface area contributed by atoms with Crippen LogP contribution in [0.2, 0.25) is 0 Å². The van der Waals surface area contributed by atoms with Crippen molar-refractivity contribution in [3.63, 3.8) is 0 Å². The number of hydrogen-bond acceptors (Lipinski definition) is 13. The van der Waals surface area contributed by atoms with Crippen LogP contribution in [0.15, 0.2) is 36.5 Å². The van der Waals surface area contributed by atoms with Gasteiger partial charge in [-0.25, -0.2) is 0 Å². The van der Waals surface area contributed by atoms with Gasteiger partial charge in [0.2, 0.25) is 0 Å². The van der Waals surface area contributed by atoms with Gasteiger partial charge in [-0.3, -0.25) is 9.59 Å². The molecule has 22 atom stereocenters. The Morgan fingerprint density at radius 3 is 2.25 bits per heavy atom. The number of aldehydes is 1. The summed E-state index contributed by atoms with van der Waals surface area (Å²) in [6.45, 7) is 10.5. The molecule has 0 bridgehead atoms. The van der Waals surface area contributed by atoms with Crippen LogP contribution in [0.1, 0.15) is 117 Å². The first-order valence-corrected chi connectivity index (χ1v) is 23.7. The molecule has 10 aliphatic rings. The van der Waals surface area contributed by atoms with Crippen LogP contribution in [0.5, 0.6) is 0 Å². The standard InChI is InChI=1S/C48H68O13/c1-25-16-36-41(22-45(51)58-36)57-44-21-40-42(61-48(44,4)23-25)17-27(3)46-35(56-40)10-6-5-9-30-33(59-46)13-7-12-32-31(53-30)11-8-14-34-37(54-32)19-39-38(55-34)20-43-47(60-39)29(50)18-28(52-43)15-26(2)24-49/h5-7,12,24-25,27-44,46-47,50H,2,8-11,13-23H2,1,3-4H3/b6-5-,12-7-/t25-,27+,28-,29+,30-,31+,32-,33+,34-,35+,36+,37+,38+,39-,40-,41-,42+,43-,44+,46-,47+,48-/m1/s1. The Morgan fingerprint density at radius 1 is 0.705 bits per heavy atom. The number of aliphatic hydroxyl groups excluding tert-OH is 1. The fraction of sp³-hybridized carbons (Fsp3) is 0.833. The van der Waals surface area contributed by atoms with Crippen LogP contribution in [0.25, 0.3) is 0 Å². The number of fused-ring (bicyclic) bond motifs is 9.